The average Bonchev–Trinajstić information content (AvgIpc) is 1.96. The molecule has 4 nitrogen and oxygen atoms in total. The van der Waals surface area contributed by atoms with Crippen LogP contribution in [0.5, 0.6) is 0 Å². The fourth-order valence-electron chi connectivity index (χ4n) is 0.657. The van der Waals surface area contributed by atoms with Gasteiger partial charge in [-0.3, -0.25) is 0 Å². The van der Waals surface area contributed by atoms with Crippen LogP contribution in [0.3, 0.4) is 0 Å². The Kier molecular flexibility index (Phi) is 5.74. The van der Waals surface area contributed by atoms with Crippen molar-refractivity contribution in [3.63, 3.8) is 0 Å². The zero-order chi connectivity index (χ0) is 9.56. The van der Waals surface area contributed by atoms with Crippen molar-refractivity contribution in [3.05, 3.63) is 23.7 Å². The first-order valence-electron chi connectivity index (χ1n) is 3.63. The monoisotopic (exact) mass is 170 g/mol. The molecule has 0 radical (unpaired) electrons. The largest absolute Gasteiger partial charge is 0.488 e. The molecule has 66 valence electrons. The molecule has 0 unspecified atom stereocenters. The summed E-state index contributed by atoms with van der Waals surface area (Å²) in [4.78, 5) is 0. The molecule has 0 aromatic rings. The lowest BCUT2D eigenvalue weighted by atomic mass is 9.77. The molecule has 4 N–H and O–H groups in total. The Balaban J connectivity index is 3.95. The normalized spacial score (nSPS) is 12.2. The molecule has 0 saturated carbocycles. The Morgan fingerprint density at radius 1 is 1.25 bits per heavy atom. The molecule has 0 atom stereocenters. The van der Waals surface area contributed by atoms with Gasteiger partial charge < -0.3 is 20.1 Å². The number of allylic oxidation sites excluding steroid dienone is 4. The number of rotatable bonds is 4. The molecule has 0 rings (SSSR count). The smallest absolute Gasteiger partial charge is 0.427 e. The Labute approximate surface area is 72.1 Å². The molecule has 0 aromatic carbocycles. The molecule has 0 fully saturated rings. The molecule has 0 aliphatic carbocycles. The molecule has 0 heterocycles. The van der Waals surface area contributed by atoms with Crippen molar-refractivity contribution in [3.8, 4) is 0 Å². The molecule has 0 saturated heterocycles. The van der Waals surface area contributed by atoms with Crippen LogP contribution >= 0.6 is 0 Å². The standard InChI is InChI=1S/C6H12B2O4/c1-2-6(8(11)12)4-3-5-7(9)10/h2-4,9-12H,5H2,1H3/b4-3-,6-2+. The van der Waals surface area contributed by atoms with E-state index in [0.717, 1.165) is 0 Å². The lowest BCUT2D eigenvalue weighted by molar-refractivity contribution is 0.410. The van der Waals surface area contributed by atoms with Crippen LogP contribution in [0, 0.1) is 0 Å². The first-order valence-corrected chi connectivity index (χ1v) is 3.63. The Hall–Kier alpha value is -0.550. The lowest BCUT2D eigenvalue weighted by Crippen LogP contribution is -2.14. The first kappa shape index (κ1) is 11.4. The van der Waals surface area contributed by atoms with Crippen molar-refractivity contribution < 1.29 is 20.1 Å². The van der Waals surface area contributed by atoms with E-state index < -0.39 is 14.2 Å². The molecule has 12 heavy (non-hydrogen) atoms. The zero-order valence-corrected chi connectivity index (χ0v) is 6.88. The second-order valence-corrected chi connectivity index (χ2v) is 2.28. The molecule has 0 amide bonds. The summed E-state index contributed by atoms with van der Waals surface area (Å²) < 4.78 is 0. The van der Waals surface area contributed by atoms with Crippen molar-refractivity contribution in [2.75, 3.05) is 0 Å². The van der Waals surface area contributed by atoms with Gasteiger partial charge in [0.05, 0.1) is 0 Å². The van der Waals surface area contributed by atoms with Crippen molar-refractivity contribution in [2.24, 2.45) is 0 Å². The molecule has 0 spiro atoms. The summed E-state index contributed by atoms with van der Waals surface area (Å²) in [5.74, 6) is 0. The van der Waals surface area contributed by atoms with Gasteiger partial charge in [0, 0.05) is 6.32 Å². The minimum Gasteiger partial charge on any atom is -0.427 e. The number of hydrogen-bond acceptors (Lipinski definition) is 4. The van der Waals surface area contributed by atoms with Crippen LogP contribution in [0.15, 0.2) is 23.7 Å². The predicted octanol–water partition coefficient (Wildman–Crippen LogP) is -1.03. The van der Waals surface area contributed by atoms with E-state index in [9.17, 15) is 0 Å². The maximum absolute atomic E-state index is 8.69. The molecular formula is C6H12B2O4. The Morgan fingerprint density at radius 2 is 1.83 bits per heavy atom. The van der Waals surface area contributed by atoms with E-state index in [1.54, 1.807) is 6.92 Å². The van der Waals surface area contributed by atoms with Gasteiger partial charge in [0.15, 0.2) is 0 Å². The van der Waals surface area contributed by atoms with Gasteiger partial charge in [0.1, 0.15) is 0 Å². The van der Waals surface area contributed by atoms with E-state index >= 15 is 0 Å². The van der Waals surface area contributed by atoms with E-state index in [0.29, 0.717) is 5.47 Å². The molecule has 0 bridgehead atoms. The molecule has 0 aliphatic rings. The van der Waals surface area contributed by atoms with E-state index in [1.165, 1.54) is 18.2 Å². The summed E-state index contributed by atoms with van der Waals surface area (Å²) in [6, 6.07) is 0. The minimum absolute atomic E-state index is 0.0735. The van der Waals surface area contributed by atoms with Gasteiger partial charge in [-0.1, -0.05) is 18.2 Å². The minimum atomic E-state index is -1.51. The highest BCUT2D eigenvalue weighted by molar-refractivity contribution is 6.51. The van der Waals surface area contributed by atoms with E-state index in [1.807, 2.05) is 0 Å². The second-order valence-electron chi connectivity index (χ2n) is 2.28. The number of hydrogen-bond donors (Lipinski definition) is 4. The van der Waals surface area contributed by atoms with Gasteiger partial charge in [-0.15, -0.1) is 0 Å². The third kappa shape index (κ3) is 5.15. The third-order valence-corrected chi connectivity index (χ3v) is 1.29. The van der Waals surface area contributed by atoms with Gasteiger partial charge in [0.25, 0.3) is 0 Å². The van der Waals surface area contributed by atoms with Crippen molar-refractivity contribution in [1.82, 2.24) is 0 Å². The maximum atomic E-state index is 8.69. The van der Waals surface area contributed by atoms with Crippen molar-refractivity contribution >= 4 is 14.2 Å². The van der Waals surface area contributed by atoms with Crippen molar-refractivity contribution in [2.45, 2.75) is 13.2 Å². The zero-order valence-electron chi connectivity index (χ0n) is 6.88. The lowest BCUT2D eigenvalue weighted by Gasteiger charge is -1.97. The van der Waals surface area contributed by atoms with E-state index in [2.05, 4.69) is 0 Å². The quantitative estimate of drug-likeness (QED) is 0.321. The highest BCUT2D eigenvalue weighted by Crippen LogP contribution is 1.99. The highest BCUT2D eigenvalue weighted by Gasteiger charge is 2.10. The second kappa shape index (κ2) is 6.02. The topological polar surface area (TPSA) is 80.9 Å². The first-order chi connectivity index (χ1) is 5.57. The Bertz CT molecular complexity index is 176. The highest BCUT2D eigenvalue weighted by atomic mass is 16.4. The Morgan fingerprint density at radius 3 is 2.17 bits per heavy atom. The van der Waals surface area contributed by atoms with Crippen LogP contribution in [0.2, 0.25) is 6.32 Å². The molecular weight excluding hydrogens is 158 g/mol. The average molecular weight is 170 g/mol. The van der Waals surface area contributed by atoms with Crippen LogP contribution in [-0.4, -0.2) is 34.3 Å². The molecule has 0 aromatic heterocycles. The molecule has 6 heteroatoms. The van der Waals surface area contributed by atoms with Crippen molar-refractivity contribution in [1.29, 1.82) is 0 Å². The summed E-state index contributed by atoms with van der Waals surface area (Å²) in [5, 5.41) is 34.2. The maximum Gasteiger partial charge on any atom is 0.488 e. The van der Waals surface area contributed by atoms with Crippen LogP contribution in [0.4, 0.5) is 0 Å². The van der Waals surface area contributed by atoms with Gasteiger partial charge >= 0.3 is 14.2 Å². The van der Waals surface area contributed by atoms with Gasteiger partial charge in [-0.25, -0.2) is 0 Å². The summed E-state index contributed by atoms with van der Waals surface area (Å²) in [7, 11) is -2.91. The van der Waals surface area contributed by atoms with Crippen LogP contribution in [-0.2, 0) is 0 Å². The third-order valence-electron chi connectivity index (χ3n) is 1.29. The van der Waals surface area contributed by atoms with Gasteiger partial charge in [-0.2, -0.15) is 0 Å². The van der Waals surface area contributed by atoms with E-state index in [4.69, 9.17) is 20.1 Å². The van der Waals surface area contributed by atoms with Gasteiger partial charge in [-0.05, 0) is 12.4 Å². The summed E-state index contributed by atoms with van der Waals surface area (Å²) in [5.41, 5.74) is 0.329. The van der Waals surface area contributed by atoms with Crippen LogP contribution in [0.25, 0.3) is 0 Å². The predicted molar refractivity (Wildman–Crippen MR) is 48.1 cm³/mol. The fourth-order valence-corrected chi connectivity index (χ4v) is 0.657. The fraction of sp³-hybridized carbons (Fsp3) is 0.333. The molecule has 0 aliphatic heterocycles. The SMILES string of the molecule is C/C=C(\C=C/CB(O)O)B(O)O. The van der Waals surface area contributed by atoms with E-state index in [-0.39, 0.29) is 6.32 Å². The van der Waals surface area contributed by atoms with Crippen LogP contribution in [0.1, 0.15) is 6.92 Å². The summed E-state index contributed by atoms with van der Waals surface area (Å²) >= 11 is 0. The van der Waals surface area contributed by atoms with Gasteiger partial charge in [0.2, 0.25) is 0 Å². The summed E-state index contributed by atoms with van der Waals surface area (Å²) in [6.45, 7) is 1.66. The van der Waals surface area contributed by atoms with Crippen LogP contribution < -0.4 is 0 Å². The summed E-state index contributed by atoms with van der Waals surface area (Å²) in [6.07, 6.45) is 4.50.